The highest BCUT2D eigenvalue weighted by atomic mass is 16.3. The number of amides is 2. The van der Waals surface area contributed by atoms with Crippen LogP contribution in [0.4, 0.5) is 17.1 Å². The molecule has 0 aliphatic carbocycles. The Labute approximate surface area is 204 Å². The van der Waals surface area contributed by atoms with Crippen molar-refractivity contribution >= 4 is 28.9 Å². The van der Waals surface area contributed by atoms with E-state index in [2.05, 4.69) is 34.3 Å². The molecule has 2 unspecified atom stereocenters. The van der Waals surface area contributed by atoms with E-state index in [1.807, 2.05) is 0 Å². The minimum Gasteiger partial charge on any atom is -0.399 e. The predicted octanol–water partition coefficient (Wildman–Crippen LogP) is 3.24. The normalized spacial score (nSPS) is 11.7. The topological polar surface area (TPSA) is 125 Å². The molecule has 0 saturated heterocycles. The highest BCUT2D eigenvalue weighted by molar-refractivity contribution is 6.09. The number of nitrogens with two attached hydrogens (primary N) is 1. The van der Waals surface area contributed by atoms with Gasteiger partial charge in [-0.2, -0.15) is 0 Å². The third-order valence-corrected chi connectivity index (χ3v) is 4.57. The summed E-state index contributed by atoms with van der Waals surface area (Å²) in [5.74, 6) is 10.1. The van der Waals surface area contributed by atoms with E-state index in [4.69, 9.17) is 5.73 Å². The number of carbonyl (C=O) groups excluding carboxylic acids is 2. The molecule has 176 valence electrons. The van der Waals surface area contributed by atoms with E-state index in [0.29, 0.717) is 22.5 Å². The molecule has 0 spiro atoms. The van der Waals surface area contributed by atoms with Gasteiger partial charge >= 0.3 is 0 Å². The summed E-state index contributed by atoms with van der Waals surface area (Å²) in [5.41, 5.74) is 8.94. The van der Waals surface area contributed by atoms with E-state index in [1.165, 1.54) is 18.2 Å². The van der Waals surface area contributed by atoms with Gasteiger partial charge in [0.25, 0.3) is 11.8 Å². The molecule has 0 aromatic heterocycles. The van der Waals surface area contributed by atoms with Gasteiger partial charge in [-0.05, 0) is 68.4 Å². The first-order valence-corrected chi connectivity index (χ1v) is 10.8. The smallest absolute Gasteiger partial charge is 0.255 e. The molecule has 0 aliphatic heterocycles. The van der Waals surface area contributed by atoms with Crippen LogP contribution in [0.5, 0.6) is 0 Å². The summed E-state index contributed by atoms with van der Waals surface area (Å²) in [6.07, 6.45) is -1.52. The first kappa shape index (κ1) is 25.1. The largest absolute Gasteiger partial charge is 0.399 e. The van der Waals surface area contributed by atoms with Gasteiger partial charge in [-0.25, -0.2) is 0 Å². The molecule has 2 amide bonds. The number of carbonyl (C=O) groups is 2. The Morgan fingerprint density at radius 2 is 1.17 bits per heavy atom. The van der Waals surface area contributed by atoms with Crippen molar-refractivity contribution in [2.24, 2.45) is 0 Å². The minimum atomic E-state index is -0.759. The molecule has 7 heteroatoms. The fourth-order valence-electron chi connectivity index (χ4n) is 3.05. The number of aliphatic hydroxyl groups excluding tert-OH is 2. The molecule has 35 heavy (non-hydrogen) atoms. The average Bonchev–Trinajstić information content (AvgIpc) is 2.81. The Hall–Kier alpha value is -4.56. The number of benzene rings is 3. The fraction of sp³-hybridized carbons (Fsp3) is 0.143. The SMILES string of the molecule is CC(O)C#Cc1cccc(NC(=O)c2cc(N)cc(C(=O)Nc3cccc(C#CC(C)O)c3)c2)c1. The number of nitrogens with one attached hydrogen (secondary N) is 2. The minimum absolute atomic E-state index is 0.215. The molecule has 7 nitrogen and oxygen atoms in total. The summed E-state index contributed by atoms with van der Waals surface area (Å²) in [6.45, 7) is 3.13. The Morgan fingerprint density at radius 3 is 1.57 bits per heavy atom. The lowest BCUT2D eigenvalue weighted by molar-refractivity contribution is 0.102. The highest BCUT2D eigenvalue weighted by Crippen LogP contribution is 2.18. The van der Waals surface area contributed by atoms with Gasteiger partial charge in [-0.3, -0.25) is 9.59 Å². The maximum atomic E-state index is 12.8. The van der Waals surface area contributed by atoms with Crippen LogP contribution >= 0.6 is 0 Å². The zero-order valence-electron chi connectivity index (χ0n) is 19.3. The fourth-order valence-corrected chi connectivity index (χ4v) is 3.05. The Bertz CT molecular complexity index is 1270. The molecular weight excluding hydrogens is 442 g/mol. The lowest BCUT2D eigenvalue weighted by atomic mass is 10.1. The quantitative estimate of drug-likeness (QED) is 0.298. The van der Waals surface area contributed by atoms with E-state index in [0.717, 1.165) is 0 Å². The van der Waals surface area contributed by atoms with E-state index < -0.39 is 24.0 Å². The van der Waals surface area contributed by atoms with E-state index in [-0.39, 0.29) is 16.8 Å². The summed E-state index contributed by atoms with van der Waals surface area (Å²) in [5, 5.41) is 24.2. The maximum Gasteiger partial charge on any atom is 0.255 e. The monoisotopic (exact) mass is 467 g/mol. The van der Waals surface area contributed by atoms with Crippen molar-refractivity contribution in [3.63, 3.8) is 0 Å². The predicted molar refractivity (Wildman–Crippen MR) is 137 cm³/mol. The summed E-state index contributed by atoms with van der Waals surface area (Å²) in [6, 6.07) is 18.2. The van der Waals surface area contributed by atoms with Crippen LogP contribution in [0.25, 0.3) is 0 Å². The second-order valence-electron chi connectivity index (χ2n) is 7.80. The number of hydrogen-bond acceptors (Lipinski definition) is 5. The second-order valence-corrected chi connectivity index (χ2v) is 7.80. The zero-order chi connectivity index (χ0) is 25.4. The molecule has 6 N–H and O–H groups in total. The van der Waals surface area contributed by atoms with E-state index in [1.54, 1.807) is 62.4 Å². The molecule has 3 aromatic rings. The average molecular weight is 468 g/mol. The molecule has 0 bridgehead atoms. The summed E-state index contributed by atoms with van der Waals surface area (Å²) >= 11 is 0. The number of aliphatic hydroxyl groups is 2. The zero-order valence-corrected chi connectivity index (χ0v) is 19.3. The summed E-state index contributed by atoms with van der Waals surface area (Å²) in [4.78, 5) is 25.7. The first-order valence-electron chi connectivity index (χ1n) is 10.8. The maximum absolute atomic E-state index is 12.8. The van der Waals surface area contributed by atoms with Gasteiger partial charge in [0.2, 0.25) is 0 Å². The number of nitrogen functional groups attached to an aromatic ring is 1. The highest BCUT2D eigenvalue weighted by Gasteiger charge is 2.13. The van der Waals surface area contributed by atoms with Gasteiger partial charge in [0.1, 0.15) is 12.2 Å². The van der Waals surface area contributed by atoms with Crippen molar-refractivity contribution < 1.29 is 19.8 Å². The van der Waals surface area contributed by atoms with Crippen molar-refractivity contribution in [2.45, 2.75) is 26.1 Å². The van der Waals surface area contributed by atoms with Gasteiger partial charge in [0.05, 0.1) is 0 Å². The van der Waals surface area contributed by atoms with Gasteiger partial charge in [0.15, 0.2) is 0 Å². The van der Waals surface area contributed by atoms with E-state index in [9.17, 15) is 19.8 Å². The molecule has 0 heterocycles. The molecule has 2 atom stereocenters. The third kappa shape index (κ3) is 7.76. The third-order valence-electron chi connectivity index (χ3n) is 4.57. The molecule has 0 aliphatic rings. The van der Waals surface area contributed by atoms with Gasteiger partial charge in [-0.15, -0.1) is 0 Å². The summed E-state index contributed by atoms with van der Waals surface area (Å²) < 4.78 is 0. The van der Waals surface area contributed by atoms with Crippen LogP contribution in [0, 0.1) is 23.7 Å². The van der Waals surface area contributed by atoms with Crippen LogP contribution in [0.2, 0.25) is 0 Å². The Kier molecular flexibility index (Phi) is 8.26. The molecule has 3 rings (SSSR count). The lowest BCUT2D eigenvalue weighted by Gasteiger charge is -2.10. The molecular formula is C28H25N3O4. The summed E-state index contributed by atoms with van der Waals surface area (Å²) in [7, 11) is 0. The van der Waals surface area contributed by atoms with Crippen molar-refractivity contribution in [1.29, 1.82) is 0 Å². The van der Waals surface area contributed by atoms with Gasteiger partial charge in [0, 0.05) is 39.3 Å². The Balaban J connectivity index is 1.77. The number of anilines is 3. The second kappa shape index (κ2) is 11.5. The Morgan fingerprint density at radius 1 is 0.743 bits per heavy atom. The van der Waals surface area contributed by atoms with Crippen molar-refractivity contribution in [2.75, 3.05) is 16.4 Å². The van der Waals surface area contributed by atoms with Crippen LogP contribution < -0.4 is 16.4 Å². The molecule has 0 fully saturated rings. The van der Waals surface area contributed by atoms with Crippen molar-refractivity contribution in [3.05, 3.63) is 89.0 Å². The van der Waals surface area contributed by atoms with Crippen molar-refractivity contribution in [1.82, 2.24) is 0 Å². The standard InChI is InChI=1S/C28H25N3O4/c1-18(32)9-11-20-5-3-7-25(13-20)30-27(34)22-15-23(17-24(29)16-22)28(35)31-26-8-4-6-21(14-26)12-10-19(2)33/h3-8,13-19,32-33H,29H2,1-2H3,(H,30,34)(H,31,35). The van der Waals surface area contributed by atoms with Gasteiger partial charge in [-0.1, -0.05) is 35.8 Å². The number of hydrogen-bond donors (Lipinski definition) is 5. The van der Waals surface area contributed by atoms with Crippen LogP contribution in [0.1, 0.15) is 45.7 Å². The van der Waals surface area contributed by atoms with Crippen LogP contribution in [0.3, 0.4) is 0 Å². The van der Waals surface area contributed by atoms with Gasteiger partial charge < -0.3 is 26.6 Å². The lowest BCUT2D eigenvalue weighted by Crippen LogP contribution is -2.16. The van der Waals surface area contributed by atoms with E-state index >= 15 is 0 Å². The van der Waals surface area contributed by atoms with Crippen LogP contribution in [0.15, 0.2) is 66.7 Å². The molecule has 0 saturated carbocycles. The van der Waals surface area contributed by atoms with Crippen molar-refractivity contribution in [3.8, 4) is 23.7 Å². The molecule has 3 aromatic carbocycles. The van der Waals surface area contributed by atoms with Crippen LogP contribution in [-0.2, 0) is 0 Å². The number of rotatable bonds is 4. The molecule has 0 radical (unpaired) electrons. The van der Waals surface area contributed by atoms with Crippen LogP contribution in [-0.4, -0.2) is 34.2 Å². The first-order chi connectivity index (χ1) is 16.7.